The number of likely N-dealkylation sites (tertiary alicyclic amines) is 1. The van der Waals surface area contributed by atoms with Crippen molar-refractivity contribution in [3.05, 3.63) is 101 Å². The van der Waals surface area contributed by atoms with E-state index in [4.69, 9.17) is 9.47 Å². The minimum Gasteiger partial charge on any atom is -0.489 e. The Morgan fingerprint density at radius 2 is 1.67 bits per heavy atom. The number of hydrogen-bond acceptors (Lipinski definition) is 4. The molecule has 1 saturated heterocycles. The Bertz CT molecular complexity index is 1310. The first-order chi connectivity index (χ1) is 19.1. The first kappa shape index (κ1) is 27.0. The van der Waals surface area contributed by atoms with Crippen molar-refractivity contribution in [3.63, 3.8) is 0 Å². The lowest BCUT2D eigenvalue weighted by atomic mass is 9.74. The maximum absolute atomic E-state index is 11.9. The molecule has 0 N–H and O–H groups in total. The van der Waals surface area contributed by atoms with Crippen LogP contribution in [-0.4, -0.2) is 30.6 Å². The molecule has 1 spiro atoms. The molecular formula is C35H39NO3. The molecule has 1 atom stereocenters. The predicted molar refractivity (Wildman–Crippen MR) is 156 cm³/mol. The van der Waals surface area contributed by atoms with Gasteiger partial charge in [-0.05, 0) is 98.0 Å². The summed E-state index contributed by atoms with van der Waals surface area (Å²) in [7, 11) is 0. The Morgan fingerprint density at radius 3 is 2.38 bits per heavy atom. The molecular weight excluding hydrogens is 482 g/mol. The Balaban J connectivity index is 1.10. The minimum atomic E-state index is -0.224. The summed E-state index contributed by atoms with van der Waals surface area (Å²) in [4.78, 5) is 14.5. The number of rotatable bonds is 9. The highest BCUT2D eigenvalue weighted by molar-refractivity contribution is 5.71. The van der Waals surface area contributed by atoms with Crippen molar-refractivity contribution in [2.75, 3.05) is 19.7 Å². The van der Waals surface area contributed by atoms with Crippen molar-refractivity contribution in [1.82, 2.24) is 4.90 Å². The smallest absolute Gasteiger partial charge is 0.307 e. The summed E-state index contributed by atoms with van der Waals surface area (Å²) >= 11 is 0. The molecule has 1 aliphatic heterocycles. The number of nitrogens with zero attached hydrogens (tertiary/aromatic N) is 1. The average Bonchev–Trinajstić information content (AvgIpc) is 3.32. The van der Waals surface area contributed by atoms with Gasteiger partial charge in [-0.1, -0.05) is 66.6 Å². The second kappa shape index (κ2) is 12.5. The van der Waals surface area contributed by atoms with Gasteiger partial charge >= 0.3 is 5.97 Å². The molecule has 1 aliphatic carbocycles. The number of ether oxygens (including phenoxy) is 2. The maximum atomic E-state index is 11.9. The standard InChI is InChI=1S/C35H39NO3/c1-3-7-31(24-34(37)38-4-2)29-14-16-32(17-15-29)39-26-28-12-10-27(11-13-28)25-36-22-20-35(21-23-36)19-18-30-8-5-6-9-33(30)35/h5-6,8-17,31H,4,18-26H2,1-2H3/t31-/m0/s1. The highest BCUT2D eigenvalue weighted by atomic mass is 16.5. The van der Waals surface area contributed by atoms with E-state index in [-0.39, 0.29) is 18.3 Å². The lowest BCUT2D eigenvalue weighted by Crippen LogP contribution is -2.41. The van der Waals surface area contributed by atoms with Crippen molar-refractivity contribution < 1.29 is 14.3 Å². The molecule has 4 nitrogen and oxygen atoms in total. The van der Waals surface area contributed by atoms with E-state index < -0.39 is 0 Å². The molecule has 202 valence electrons. The van der Waals surface area contributed by atoms with Crippen LogP contribution in [0.25, 0.3) is 0 Å². The normalized spacial score (nSPS) is 16.7. The van der Waals surface area contributed by atoms with Gasteiger partial charge in [0, 0.05) is 6.54 Å². The van der Waals surface area contributed by atoms with Gasteiger partial charge in [0.2, 0.25) is 0 Å². The number of esters is 1. The zero-order chi connectivity index (χ0) is 27.1. The molecule has 4 heteroatoms. The lowest BCUT2D eigenvalue weighted by Gasteiger charge is -2.40. The number of hydrogen-bond donors (Lipinski definition) is 0. The van der Waals surface area contributed by atoms with Gasteiger partial charge in [0.1, 0.15) is 12.4 Å². The highest BCUT2D eigenvalue weighted by Crippen LogP contribution is 2.46. The van der Waals surface area contributed by atoms with Crippen LogP contribution in [0.1, 0.15) is 73.3 Å². The summed E-state index contributed by atoms with van der Waals surface area (Å²) in [5, 5.41) is 0. The van der Waals surface area contributed by atoms with Crippen LogP contribution in [0.4, 0.5) is 0 Å². The van der Waals surface area contributed by atoms with E-state index in [1.165, 1.54) is 44.3 Å². The first-order valence-electron chi connectivity index (χ1n) is 14.3. The number of piperidine rings is 1. The molecule has 1 fully saturated rings. The number of carbonyl (C=O) groups is 1. The van der Waals surface area contributed by atoms with Crippen LogP contribution < -0.4 is 4.74 Å². The van der Waals surface area contributed by atoms with Crippen molar-refractivity contribution in [2.24, 2.45) is 0 Å². The molecule has 0 saturated carbocycles. The Labute approximate surface area is 233 Å². The third-order valence-corrected chi connectivity index (χ3v) is 8.39. The zero-order valence-corrected chi connectivity index (χ0v) is 23.2. The van der Waals surface area contributed by atoms with Crippen LogP contribution >= 0.6 is 0 Å². The van der Waals surface area contributed by atoms with E-state index in [1.54, 1.807) is 18.1 Å². The van der Waals surface area contributed by atoms with Crippen molar-refractivity contribution >= 4 is 5.97 Å². The second-order valence-corrected chi connectivity index (χ2v) is 10.8. The fourth-order valence-electron chi connectivity index (χ4n) is 6.20. The Kier molecular flexibility index (Phi) is 8.69. The van der Waals surface area contributed by atoms with E-state index >= 15 is 0 Å². The van der Waals surface area contributed by atoms with Gasteiger partial charge in [-0.25, -0.2) is 0 Å². The predicted octanol–water partition coefficient (Wildman–Crippen LogP) is 6.81. The molecule has 0 radical (unpaired) electrons. The Hall–Kier alpha value is -3.55. The number of benzene rings is 3. The van der Waals surface area contributed by atoms with Crippen LogP contribution in [0.15, 0.2) is 72.8 Å². The molecule has 2 aliphatic rings. The summed E-state index contributed by atoms with van der Waals surface area (Å²) in [6.45, 7) is 7.85. The van der Waals surface area contributed by atoms with E-state index in [0.29, 0.717) is 18.6 Å². The van der Waals surface area contributed by atoms with Crippen LogP contribution in [0, 0.1) is 11.8 Å². The molecule has 3 aromatic rings. The van der Waals surface area contributed by atoms with Crippen molar-refractivity contribution in [3.8, 4) is 17.6 Å². The lowest BCUT2D eigenvalue weighted by molar-refractivity contribution is -0.143. The highest BCUT2D eigenvalue weighted by Gasteiger charge is 2.40. The van der Waals surface area contributed by atoms with E-state index in [1.807, 2.05) is 31.2 Å². The maximum Gasteiger partial charge on any atom is 0.307 e. The first-order valence-corrected chi connectivity index (χ1v) is 14.3. The SMILES string of the molecule is CC#C[C@@H](CC(=O)OCC)c1ccc(OCc2ccc(CN3CCC4(CCc5ccccc54)CC3)cc2)cc1. The average molecular weight is 522 g/mol. The second-order valence-electron chi connectivity index (χ2n) is 10.8. The molecule has 3 aromatic carbocycles. The van der Waals surface area contributed by atoms with Crippen LogP contribution in [0.3, 0.4) is 0 Å². The van der Waals surface area contributed by atoms with Crippen LogP contribution in [-0.2, 0) is 34.5 Å². The molecule has 0 bridgehead atoms. The molecule has 1 heterocycles. The van der Waals surface area contributed by atoms with Gasteiger partial charge in [-0.2, -0.15) is 0 Å². The van der Waals surface area contributed by atoms with Gasteiger partial charge < -0.3 is 9.47 Å². The number of carbonyl (C=O) groups excluding carboxylic acids is 1. The van der Waals surface area contributed by atoms with Crippen LogP contribution in [0.5, 0.6) is 5.75 Å². The van der Waals surface area contributed by atoms with E-state index in [9.17, 15) is 4.79 Å². The summed E-state index contributed by atoms with van der Waals surface area (Å²) in [5.74, 6) is 6.46. The van der Waals surface area contributed by atoms with Gasteiger partial charge in [-0.3, -0.25) is 9.69 Å². The van der Waals surface area contributed by atoms with Gasteiger partial charge in [0.25, 0.3) is 0 Å². The summed E-state index contributed by atoms with van der Waals surface area (Å²) in [6.07, 6.45) is 5.35. The van der Waals surface area contributed by atoms with Gasteiger partial charge in [0.15, 0.2) is 0 Å². The van der Waals surface area contributed by atoms with Crippen molar-refractivity contribution in [1.29, 1.82) is 0 Å². The molecule has 0 unspecified atom stereocenters. The minimum absolute atomic E-state index is 0.171. The topological polar surface area (TPSA) is 38.8 Å². The van der Waals surface area contributed by atoms with Gasteiger partial charge in [-0.15, -0.1) is 5.92 Å². The summed E-state index contributed by atoms with van der Waals surface area (Å²) < 4.78 is 11.1. The molecule has 5 rings (SSSR count). The largest absolute Gasteiger partial charge is 0.489 e. The van der Waals surface area contributed by atoms with E-state index in [0.717, 1.165) is 23.4 Å². The number of fused-ring (bicyclic) bond motifs is 2. The molecule has 0 amide bonds. The summed E-state index contributed by atoms with van der Waals surface area (Å²) in [6, 6.07) is 25.8. The fraction of sp³-hybridized carbons (Fsp3) is 0.400. The van der Waals surface area contributed by atoms with Crippen LogP contribution in [0.2, 0.25) is 0 Å². The van der Waals surface area contributed by atoms with Crippen molar-refractivity contribution in [2.45, 2.75) is 70.4 Å². The van der Waals surface area contributed by atoms with Gasteiger partial charge in [0.05, 0.1) is 18.9 Å². The molecule has 0 aromatic heterocycles. The quantitative estimate of drug-likeness (QED) is 0.229. The molecule has 39 heavy (non-hydrogen) atoms. The zero-order valence-electron chi connectivity index (χ0n) is 23.2. The number of aryl methyl sites for hydroxylation is 1. The Morgan fingerprint density at radius 1 is 0.949 bits per heavy atom. The summed E-state index contributed by atoms with van der Waals surface area (Å²) in [5.41, 5.74) is 7.11. The third kappa shape index (κ3) is 6.54. The third-order valence-electron chi connectivity index (χ3n) is 8.39. The monoisotopic (exact) mass is 521 g/mol. The fourth-order valence-corrected chi connectivity index (χ4v) is 6.20. The van der Waals surface area contributed by atoms with E-state index in [2.05, 4.69) is 65.3 Å².